The van der Waals surface area contributed by atoms with E-state index in [0.717, 1.165) is 36.8 Å². The van der Waals surface area contributed by atoms with E-state index in [0.29, 0.717) is 0 Å². The zero-order valence-corrected chi connectivity index (χ0v) is 8.62. The number of hydrogen-bond donors (Lipinski definition) is 0. The van der Waals surface area contributed by atoms with E-state index in [4.69, 9.17) is 4.74 Å². The van der Waals surface area contributed by atoms with Crippen LogP contribution in [0.15, 0.2) is 23.3 Å². The molecule has 0 radical (unpaired) electrons. The molecule has 2 rings (SSSR count). The van der Waals surface area contributed by atoms with E-state index in [-0.39, 0.29) is 12.8 Å². The Bertz CT molecular complexity index is 316. The van der Waals surface area contributed by atoms with Crippen LogP contribution in [0.4, 0.5) is 0 Å². The van der Waals surface area contributed by atoms with Gasteiger partial charge in [-0.05, 0) is 25.7 Å². The van der Waals surface area contributed by atoms with Gasteiger partial charge in [-0.15, -0.1) is 0 Å². The van der Waals surface area contributed by atoms with Crippen LogP contribution < -0.4 is 0 Å². The smallest absolute Gasteiger partial charge is 0.317 e. The summed E-state index contributed by atoms with van der Waals surface area (Å²) in [5.74, 6) is -0.822. The fourth-order valence-electron chi connectivity index (χ4n) is 1.59. The van der Waals surface area contributed by atoms with Crippen LogP contribution >= 0.6 is 0 Å². The predicted octanol–water partition coefficient (Wildman–Crippen LogP) is 2.28. The van der Waals surface area contributed by atoms with Crippen molar-refractivity contribution in [3.63, 3.8) is 0 Å². The zero-order chi connectivity index (χ0) is 10.7. The van der Waals surface area contributed by atoms with Crippen LogP contribution in [0.25, 0.3) is 0 Å². The van der Waals surface area contributed by atoms with Gasteiger partial charge in [-0.2, -0.15) is 0 Å². The van der Waals surface area contributed by atoms with Crippen molar-refractivity contribution in [3.05, 3.63) is 23.3 Å². The number of rotatable bonds is 4. The van der Waals surface area contributed by atoms with Gasteiger partial charge in [0.25, 0.3) is 0 Å². The molecular weight excluding hydrogens is 192 g/mol. The highest BCUT2D eigenvalue weighted by atomic mass is 16.6. The van der Waals surface area contributed by atoms with Gasteiger partial charge in [0, 0.05) is 0 Å². The van der Waals surface area contributed by atoms with E-state index in [2.05, 4.69) is 0 Å². The van der Waals surface area contributed by atoms with Crippen LogP contribution in [-0.2, 0) is 14.3 Å². The van der Waals surface area contributed by atoms with Crippen molar-refractivity contribution < 1.29 is 14.3 Å². The third-order valence-electron chi connectivity index (χ3n) is 2.77. The third kappa shape index (κ3) is 2.78. The first-order valence-corrected chi connectivity index (χ1v) is 5.33. The average Bonchev–Trinajstić information content (AvgIpc) is 2.05. The Morgan fingerprint density at radius 2 is 1.40 bits per heavy atom. The standard InChI is InChI=1S/C12H14O3/c13-11(7-9-3-1-4-9)15-12(14)8-10-5-2-6-10/h3,5H,1-2,4,6-8H2. The van der Waals surface area contributed by atoms with Gasteiger partial charge in [-0.1, -0.05) is 23.3 Å². The number of hydrogen-bond acceptors (Lipinski definition) is 3. The fourth-order valence-corrected chi connectivity index (χ4v) is 1.59. The summed E-state index contributed by atoms with van der Waals surface area (Å²) in [4.78, 5) is 22.5. The summed E-state index contributed by atoms with van der Waals surface area (Å²) in [5.41, 5.74) is 2.19. The van der Waals surface area contributed by atoms with E-state index < -0.39 is 11.9 Å². The largest absolute Gasteiger partial charge is 0.393 e. The minimum absolute atomic E-state index is 0.283. The highest BCUT2D eigenvalue weighted by molar-refractivity contribution is 5.87. The summed E-state index contributed by atoms with van der Waals surface area (Å²) in [7, 11) is 0. The molecule has 0 saturated carbocycles. The fraction of sp³-hybridized carbons (Fsp3) is 0.500. The number of carbonyl (C=O) groups is 2. The van der Waals surface area contributed by atoms with Gasteiger partial charge >= 0.3 is 11.9 Å². The molecule has 3 heteroatoms. The molecule has 0 N–H and O–H groups in total. The van der Waals surface area contributed by atoms with Gasteiger partial charge in [-0.25, -0.2) is 0 Å². The van der Waals surface area contributed by atoms with Gasteiger partial charge < -0.3 is 4.74 Å². The molecule has 0 saturated heterocycles. The molecule has 0 aromatic rings. The van der Waals surface area contributed by atoms with Gasteiger partial charge in [0.1, 0.15) is 0 Å². The highest BCUT2D eigenvalue weighted by Gasteiger charge is 2.17. The van der Waals surface area contributed by atoms with Crippen LogP contribution in [0.1, 0.15) is 38.5 Å². The van der Waals surface area contributed by atoms with Crippen LogP contribution in [0.3, 0.4) is 0 Å². The van der Waals surface area contributed by atoms with Gasteiger partial charge in [-0.3, -0.25) is 9.59 Å². The molecule has 2 aliphatic rings. The quantitative estimate of drug-likeness (QED) is 0.402. The molecule has 0 spiro atoms. The van der Waals surface area contributed by atoms with E-state index in [1.54, 1.807) is 0 Å². The van der Waals surface area contributed by atoms with E-state index in [1.807, 2.05) is 12.2 Å². The van der Waals surface area contributed by atoms with Crippen molar-refractivity contribution in [1.29, 1.82) is 0 Å². The molecular formula is C12H14O3. The number of carbonyl (C=O) groups excluding carboxylic acids is 2. The lowest BCUT2D eigenvalue weighted by atomic mass is 9.96. The Kier molecular flexibility index (Phi) is 2.99. The van der Waals surface area contributed by atoms with Gasteiger partial charge in [0.15, 0.2) is 0 Å². The SMILES string of the molecule is O=C(CC1=CCC1)OC(=O)CC1=CCC1. The summed E-state index contributed by atoms with van der Waals surface area (Å²) in [6.07, 6.45) is 8.62. The molecule has 0 aromatic heterocycles. The summed E-state index contributed by atoms with van der Waals surface area (Å²) in [6, 6.07) is 0. The van der Waals surface area contributed by atoms with Crippen LogP contribution in [0.5, 0.6) is 0 Å². The molecule has 15 heavy (non-hydrogen) atoms. The Balaban J connectivity index is 1.70. The molecule has 0 aromatic carbocycles. The first-order valence-electron chi connectivity index (χ1n) is 5.33. The Morgan fingerprint density at radius 3 is 1.67 bits per heavy atom. The Labute approximate surface area is 88.8 Å². The Morgan fingerprint density at radius 1 is 1.00 bits per heavy atom. The lowest BCUT2D eigenvalue weighted by molar-refractivity contribution is -0.158. The van der Waals surface area contributed by atoms with E-state index in [1.165, 1.54) is 0 Å². The molecule has 0 bridgehead atoms. The molecule has 0 heterocycles. The summed E-state index contributed by atoms with van der Waals surface area (Å²) in [6.45, 7) is 0. The van der Waals surface area contributed by atoms with Gasteiger partial charge in [0.2, 0.25) is 0 Å². The molecule has 2 aliphatic carbocycles. The minimum Gasteiger partial charge on any atom is -0.393 e. The second-order valence-corrected chi connectivity index (χ2v) is 4.00. The van der Waals surface area contributed by atoms with E-state index >= 15 is 0 Å². The lowest BCUT2D eigenvalue weighted by Crippen LogP contribution is -2.15. The molecule has 3 nitrogen and oxygen atoms in total. The Hall–Kier alpha value is -1.38. The van der Waals surface area contributed by atoms with E-state index in [9.17, 15) is 9.59 Å². The molecule has 0 fully saturated rings. The zero-order valence-electron chi connectivity index (χ0n) is 8.62. The topological polar surface area (TPSA) is 43.4 Å². The summed E-state index contributed by atoms with van der Waals surface area (Å²) in [5, 5.41) is 0. The molecule has 0 amide bonds. The second-order valence-electron chi connectivity index (χ2n) is 4.00. The van der Waals surface area contributed by atoms with Crippen LogP contribution in [0.2, 0.25) is 0 Å². The maximum absolute atomic E-state index is 11.2. The maximum Gasteiger partial charge on any atom is 0.317 e. The highest BCUT2D eigenvalue weighted by Crippen LogP contribution is 2.23. The lowest BCUT2D eigenvalue weighted by Gasteiger charge is -2.14. The number of esters is 2. The maximum atomic E-state index is 11.2. The van der Waals surface area contributed by atoms with Crippen molar-refractivity contribution in [3.8, 4) is 0 Å². The van der Waals surface area contributed by atoms with Crippen molar-refractivity contribution in [1.82, 2.24) is 0 Å². The van der Waals surface area contributed by atoms with Crippen LogP contribution in [0, 0.1) is 0 Å². The predicted molar refractivity (Wildman–Crippen MR) is 55.0 cm³/mol. The minimum atomic E-state index is -0.411. The molecule has 0 unspecified atom stereocenters. The third-order valence-corrected chi connectivity index (χ3v) is 2.77. The van der Waals surface area contributed by atoms with Gasteiger partial charge in [0.05, 0.1) is 12.8 Å². The summed E-state index contributed by atoms with van der Waals surface area (Å²) < 4.78 is 4.70. The van der Waals surface area contributed by atoms with Crippen molar-refractivity contribution in [2.45, 2.75) is 38.5 Å². The average molecular weight is 206 g/mol. The summed E-state index contributed by atoms with van der Waals surface area (Å²) >= 11 is 0. The normalized spacial score (nSPS) is 18.1. The molecule has 80 valence electrons. The molecule has 0 atom stereocenters. The first-order chi connectivity index (χ1) is 7.24. The monoisotopic (exact) mass is 206 g/mol. The molecule has 0 aliphatic heterocycles. The van der Waals surface area contributed by atoms with Crippen LogP contribution in [-0.4, -0.2) is 11.9 Å². The van der Waals surface area contributed by atoms with Crippen molar-refractivity contribution in [2.75, 3.05) is 0 Å². The first kappa shape index (κ1) is 10.1. The van der Waals surface area contributed by atoms with Crippen molar-refractivity contribution >= 4 is 11.9 Å². The number of allylic oxidation sites excluding steroid dienone is 2. The van der Waals surface area contributed by atoms with Crippen molar-refractivity contribution in [2.24, 2.45) is 0 Å². The second kappa shape index (κ2) is 4.43. The number of ether oxygens (including phenoxy) is 1.